The van der Waals surface area contributed by atoms with Crippen LogP contribution in [0.25, 0.3) is 44.5 Å². The Balaban J connectivity index is 1.78. The highest BCUT2D eigenvalue weighted by atomic mass is 16.4. The van der Waals surface area contributed by atoms with E-state index in [0.717, 1.165) is 44.5 Å². The van der Waals surface area contributed by atoms with Gasteiger partial charge in [-0.05, 0) is 50.0 Å². The van der Waals surface area contributed by atoms with E-state index >= 15 is 0 Å². The summed E-state index contributed by atoms with van der Waals surface area (Å²) in [5, 5.41) is 20.3. The molecule has 0 spiro atoms. The molecule has 2 nitrogen and oxygen atoms in total. The van der Waals surface area contributed by atoms with Gasteiger partial charge in [0, 0.05) is 0 Å². The van der Waals surface area contributed by atoms with Gasteiger partial charge < -0.3 is 10.0 Å². The highest BCUT2D eigenvalue weighted by molar-refractivity contribution is 6.61. The highest BCUT2D eigenvalue weighted by Gasteiger charge is 2.22. The molecule has 0 saturated carbocycles. The summed E-state index contributed by atoms with van der Waals surface area (Å²) in [6.07, 6.45) is 0. The third-order valence-electron chi connectivity index (χ3n) is 5.96. The van der Waals surface area contributed by atoms with Gasteiger partial charge in [-0.15, -0.1) is 0 Å². The molecule has 0 aliphatic carbocycles. The third-order valence-corrected chi connectivity index (χ3v) is 5.96. The Morgan fingerprint density at radius 1 is 0.364 bits per heavy atom. The molecule has 0 bridgehead atoms. The van der Waals surface area contributed by atoms with Crippen LogP contribution in [-0.4, -0.2) is 17.2 Å². The monoisotopic (exact) mass is 426 g/mol. The normalized spacial score (nSPS) is 10.7. The summed E-state index contributed by atoms with van der Waals surface area (Å²) < 4.78 is 0. The summed E-state index contributed by atoms with van der Waals surface area (Å²) in [6.45, 7) is 0. The van der Waals surface area contributed by atoms with Crippen molar-refractivity contribution in [1.82, 2.24) is 0 Å². The summed E-state index contributed by atoms with van der Waals surface area (Å²) in [5.41, 5.74) is 8.82. The lowest BCUT2D eigenvalue weighted by Gasteiger charge is -2.19. The van der Waals surface area contributed by atoms with Crippen LogP contribution in [0.1, 0.15) is 0 Å². The van der Waals surface area contributed by atoms with Crippen LogP contribution in [0.15, 0.2) is 127 Å². The topological polar surface area (TPSA) is 40.5 Å². The minimum absolute atomic E-state index is 0.491. The maximum Gasteiger partial charge on any atom is 0.489 e. The molecule has 0 heterocycles. The van der Waals surface area contributed by atoms with Crippen LogP contribution in [-0.2, 0) is 0 Å². The Labute approximate surface area is 194 Å². The zero-order valence-electron chi connectivity index (χ0n) is 18.1. The van der Waals surface area contributed by atoms with Crippen LogP contribution in [0.2, 0.25) is 0 Å². The standard InChI is InChI=1S/C30H23BO2/c32-31(33)29-21-11-20-28(30(29)23-14-5-2-6-15-23)27-19-10-9-18-26(27)25-17-8-7-16-24(25)22-12-3-1-4-13-22/h1-21,32-33H. The zero-order chi connectivity index (χ0) is 22.6. The van der Waals surface area contributed by atoms with Gasteiger partial charge in [0.1, 0.15) is 0 Å². The molecule has 5 aromatic carbocycles. The molecule has 0 atom stereocenters. The first-order valence-electron chi connectivity index (χ1n) is 11.0. The summed E-state index contributed by atoms with van der Waals surface area (Å²) in [7, 11) is -1.57. The van der Waals surface area contributed by atoms with E-state index in [1.54, 1.807) is 6.07 Å². The van der Waals surface area contributed by atoms with Crippen molar-refractivity contribution < 1.29 is 10.0 Å². The molecule has 0 aromatic heterocycles. The van der Waals surface area contributed by atoms with E-state index in [-0.39, 0.29) is 0 Å². The van der Waals surface area contributed by atoms with Crippen LogP contribution in [0.5, 0.6) is 0 Å². The molecule has 0 saturated heterocycles. The quantitative estimate of drug-likeness (QED) is 0.337. The summed E-state index contributed by atoms with van der Waals surface area (Å²) in [6, 6.07) is 42.7. The molecule has 33 heavy (non-hydrogen) atoms. The molecule has 158 valence electrons. The van der Waals surface area contributed by atoms with Gasteiger partial charge in [0.05, 0.1) is 0 Å². The van der Waals surface area contributed by atoms with Gasteiger partial charge in [-0.25, -0.2) is 0 Å². The first-order valence-corrected chi connectivity index (χ1v) is 11.0. The van der Waals surface area contributed by atoms with Gasteiger partial charge in [0.2, 0.25) is 0 Å². The van der Waals surface area contributed by atoms with E-state index < -0.39 is 7.12 Å². The number of hydrogen-bond acceptors (Lipinski definition) is 2. The predicted octanol–water partition coefficient (Wildman–Crippen LogP) is 6.03. The van der Waals surface area contributed by atoms with Gasteiger partial charge in [0.25, 0.3) is 0 Å². The largest absolute Gasteiger partial charge is 0.489 e. The lowest BCUT2D eigenvalue weighted by Crippen LogP contribution is -2.31. The first-order chi connectivity index (χ1) is 16.2. The molecule has 0 fully saturated rings. The van der Waals surface area contributed by atoms with Crippen molar-refractivity contribution in [3.63, 3.8) is 0 Å². The second kappa shape index (κ2) is 9.29. The molecular weight excluding hydrogens is 403 g/mol. The van der Waals surface area contributed by atoms with E-state index in [2.05, 4.69) is 66.7 Å². The van der Waals surface area contributed by atoms with Crippen LogP contribution >= 0.6 is 0 Å². The minimum atomic E-state index is -1.57. The molecule has 3 heteroatoms. The van der Waals surface area contributed by atoms with Crippen molar-refractivity contribution in [3.8, 4) is 44.5 Å². The average Bonchev–Trinajstić information content (AvgIpc) is 2.89. The highest BCUT2D eigenvalue weighted by Crippen LogP contribution is 2.40. The molecule has 5 rings (SSSR count). The summed E-state index contributed by atoms with van der Waals surface area (Å²) >= 11 is 0. The minimum Gasteiger partial charge on any atom is -0.423 e. The van der Waals surface area contributed by atoms with Crippen LogP contribution < -0.4 is 5.46 Å². The van der Waals surface area contributed by atoms with Crippen molar-refractivity contribution in [2.75, 3.05) is 0 Å². The van der Waals surface area contributed by atoms with Gasteiger partial charge in [-0.3, -0.25) is 0 Å². The Morgan fingerprint density at radius 3 is 1.36 bits per heavy atom. The third kappa shape index (κ3) is 4.12. The lowest BCUT2D eigenvalue weighted by atomic mass is 9.72. The Kier molecular flexibility index (Phi) is 5.90. The fourth-order valence-electron chi connectivity index (χ4n) is 4.48. The molecule has 0 amide bonds. The number of rotatable bonds is 5. The van der Waals surface area contributed by atoms with Crippen molar-refractivity contribution in [2.45, 2.75) is 0 Å². The van der Waals surface area contributed by atoms with Gasteiger partial charge in [0.15, 0.2) is 0 Å². The van der Waals surface area contributed by atoms with Gasteiger partial charge in [-0.2, -0.15) is 0 Å². The van der Waals surface area contributed by atoms with E-state index in [0.29, 0.717) is 5.46 Å². The number of benzene rings is 5. The van der Waals surface area contributed by atoms with Crippen LogP contribution in [0.3, 0.4) is 0 Å². The van der Waals surface area contributed by atoms with E-state index in [9.17, 15) is 10.0 Å². The Bertz CT molecular complexity index is 1380. The predicted molar refractivity (Wildman–Crippen MR) is 138 cm³/mol. The first kappa shape index (κ1) is 21.0. The maximum absolute atomic E-state index is 10.2. The zero-order valence-corrected chi connectivity index (χ0v) is 18.1. The van der Waals surface area contributed by atoms with Crippen molar-refractivity contribution in [1.29, 1.82) is 0 Å². The van der Waals surface area contributed by atoms with Crippen LogP contribution in [0.4, 0.5) is 0 Å². The van der Waals surface area contributed by atoms with Gasteiger partial charge in [-0.1, -0.05) is 127 Å². The molecule has 0 unspecified atom stereocenters. The summed E-state index contributed by atoms with van der Waals surface area (Å²) in [4.78, 5) is 0. The van der Waals surface area contributed by atoms with Crippen LogP contribution in [0, 0.1) is 0 Å². The lowest BCUT2D eigenvalue weighted by molar-refractivity contribution is 0.426. The van der Waals surface area contributed by atoms with Crippen molar-refractivity contribution >= 4 is 12.6 Å². The van der Waals surface area contributed by atoms with E-state index in [1.165, 1.54) is 0 Å². The second-order valence-electron chi connectivity index (χ2n) is 7.97. The number of hydrogen-bond donors (Lipinski definition) is 2. The second-order valence-corrected chi connectivity index (χ2v) is 7.97. The van der Waals surface area contributed by atoms with E-state index in [4.69, 9.17) is 0 Å². The maximum atomic E-state index is 10.2. The Hall–Kier alpha value is -3.92. The molecule has 0 radical (unpaired) electrons. The van der Waals surface area contributed by atoms with Gasteiger partial charge >= 0.3 is 7.12 Å². The molecule has 0 aliphatic rings. The summed E-state index contributed by atoms with van der Waals surface area (Å²) in [5.74, 6) is 0. The molecule has 0 aliphatic heterocycles. The van der Waals surface area contributed by atoms with Crippen molar-refractivity contribution in [3.05, 3.63) is 127 Å². The molecule has 2 N–H and O–H groups in total. The smallest absolute Gasteiger partial charge is 0.423 e. The SMILES string of the molecule is OB(O)c1cccc(-c2ccccc2-c2ccccc2-c2ccccc2)c1-c1ccccc1. The average molecular weight is 426 g/mol. The fraction of sp³-hybridized carbons (Fsp3) is 0. The molecular formula is C30H23BO2. The van der Waals surface area contributed by atoms with E-state index in [1.807, 2.05) is 54.6 Å². The van der Waals surface area contributed by atoms with Crippen molar-refractivity contribution in [2.24, 2.45) is 0 Å². The molecule has 5 aromatic rings. The Morgan fingerprint density at radius 2 is 0.788 bits per heavy atom. The fourth-order valence-corrected chi connectivity index (χ4v) is 4.48.